The SMILES string of the molecule is COC(=O)c1ccc(CNCC2CCCCN2C)cc1. The fraction of sp³-hybridized carbons (Fsp3) is 0.562. The average Bonchev–Trinajstić information content (AvgIpc) is 2.49. The van der Waals surface area contributed by atoms with Gasteiger partial charge in [0.15, 0.2) is 0 Å². The lowest BCUT2D eigenvalue weighted by Gasteiger charge is -2.32. The number of hydrogen-bond donors (Lipinski definition) is 1. The van der Waals surface area contributed by atoms with E-state index in [1.54, 1.807) is 0 Å². The van der Waals surface area contributed by atoms with Crippen molar-refractivity contribution < 1.29 is 9.53 Å². The van der Waals surface area contributed by atoms with Crippen LogP contribution in [-0.2, 0) is 11.3 Å². The topological polar surface area (TPSA) is 41.6 Å². The first-order chi connectivity index (χ1) is 9.70. The summed E-state index contributed by atoms with van der Waals surface area (Å²) in [4.78, 5) is 13.8. The molecule has 0 radical (unpaired) electrons. The van der Waals surface area contributed by atoms with Gasteiger partial charge in [-0.1, -0.05) is 18.6 Å². The maximum absolute atomic E-state index is 11.3. The van der Waals surface area contributed by atoms with Crippen LogP contribution >= 0.6 is 0 Å². The van der Waals surface area contributed by atoms with Gasteiger partial charge in [0.25, 0.3) is 0 Å². The highest BCUT2D eigenvalue weighted by Crippen LogP contribution is 2.14. The van der Waals surface area contributed by atoms with Gasteiger partial charge in [0.05, 0.1) is 12.7 Å². The highest BCUT2D eigenvalue weighted by atomic mass is 16.5. The Labute approximate surface area is 121 Å². The van der Waals surface area contributed by atoms with Crippen molar-refractivity contribution in [1.29, 1.82) is 0 Å². The van der Waals surface area contributed by atoms with E-state index in [-0.39, 0.29) is 5.97 Å². The van der Waals surface area contributed by atoms with Gasteiger partial charge in [0.2, 0.25) is 0 Å². The lowest BCUT2D eigenvalue weighted by Crippen LogP contribution is -2.42. The Morgan fingerprint density at radius 1 is 1.35 bits per heavy atom. The van der Waals surface area contributed by atoms with E-state index in [1.807, 2.05) is 24.3 Å². The van der Waals surface area contributed by atoms with Crippen molar-refractivity contribution in [2.24, 2.45) is 0 Å². The fourth-order valence-electron chi connectivity index (χ4n) is 2.66. The van der Waals surface area contributed by atoms with Crippen LogP contribution in [0.25, 0.3) is 0 Å². The Hall–Kier alpha value is -1.39. The van der Waals surface area contributed by atoms with Crippen molar-refractivity contribution in [1.82, 2.24) is 10.2 Å². The molecule has 0 spiro atoms. The van der Waals surface area contributed by atoms with Crippen molar-refractivity contribution in [3.63, 3.8) is 0 Å². The first-order valence-electron chi connectivity index (χ1n) is 7.29. The lowest BCUT2D eigenvalue weighted by molar-refractivity contribution is 0.0600. The van der Waals surface area contributed by atoms with Gasteiger partial charge in [0.1, 0.15) is 0 Å². The molecule has 0 aliphatic carbocycles. The van der Waals surface area contributed by atoms with Crippen molar-refractivity contribution in [3.05, 3.63) is 35.4 Å². The summed E-state index contributed by atoms with van der Waals surface area (Å²) in [5, 5.41) is 3.51. The van der Waals surface area contributed by atoms with Crippen molar-refractivity contribution in [2.45, 2.75) is 31.8 Å². The number of likely N-dealkylation sites (tertiary alicyclic amines) is 1. The minimum Gasteiger partial charge on any atom is -0.465 e. The number of esters is 1. The summed E-state index contributed by atoms with van der Waals surface area (Å²) in [6, 6.07) is 8.23. The number of rotatable bonds is 5. The van der Waals surface area contributed by atoms with E-state index in [0.29, 0.717) is 11.6 Å². The third kappa shape index (κ3) is 4.05. The molecule has 2 rings (SSSR count). The number of carbonyl (C=O) groups is 1. The van der Waals surface area contributed by atoms with Crippen molar-refractivity contribution >= 4 is 5.97 Å². The van der Waals surface area contributed by atoms with E-state index in [4.69, 9.17) is 0 Å². The number of methoxy groups -OCH3 is 1. The number of nitrogens with one attached hydrogen (secondary N) is 1. The summed E-state index contributed by atoms with van der Waals surface area (Å²) in [7, 11) is 3.61. The lowest BCUT2D eigenvalue weighted by atomic mass is 10.0. The highest BCUT2D eigenvalue weighted by Gasteiger charge is 2.17. The monoisotopic (exact) mass is 276 g/mol. The molecule has 20 heavy (non-hydrogen) atoms. The number of hydrogen-bond acceptors (Lipinski definition) is 4. The molecule has 1 aromatic carbocycles. The number of nitrogens with zero attached hydrogens (tertiary/aromatic N) is 1. The molecule has 0 aromatic heterocycles. The average molecular weight is 276 g/mol. The molecule has 1 N–H and O–H groups in total. The molecular weight excluding hydrogens is 252 g/mol. The van der Waals surface area contributed by atoms with Crippen LogP contribution in [0.3, 0.4) is 0 Å². The molecule has 1 atom stereocenters. The second-order valence-corrected chi connectivity index (χ2v) is 5.45. The molecule has 1 unspecified atom stereocenters. The molecule has 4 heteroatoms. The van der Waals surface area contributed by atoms with Crippen LogP contribution in [0.4, 0.5) is 0 Å². The zero-order chi connectivity index (χ0) is 14.4. The maximum Gasteiger partial charge on any atom is 0.337 e. The first-order valence-corrected chi connectivity index (χ1v) is 7.29. The molecule has 4 nitrogen and oxygen atoms in total. The summed E-state index contributed by atoms with van der Waals surface area (Å²) in [6.45, 7) is 3.07. The third-order valence-corrected chi connectivity index (χ3v) is 4.01. The molecule has 110 valence electrons. The molecule has 1 heterocycles. The highest BCUT2D eigenvalue weighted by molar-refractivity contribution is 5.89. The second-order valence-electron chi connectivity index (χ2n) is 5.45. The molecule has 1 aromatic rings. The zero-order valence-electron chi connectivity index (χ0n) is 12.4. The van der Waals surface area contributed by atoms with E-state index in [2.05, 4.69) is 22.0 Å². The Balaban J connectivity index is 1.77. The van der Waals surface area contributed by atoms with Gasteiger partial charge < -0.3 is 15.0 Å². The van der Waals surface area contributed by atoms with E-state index in [1.165, 1.54) is 38.5 Å². The van der Waals surface area contributed by atoms with Gasteiger partial charge in [0, 0.05) is 19.1 Å². The van der Waals surface area contributed by atoms with E-state index < -0.39 is 0 Å². The smallest absolute Gasteiger partial charge is 0.337 e. The first kappa shape index (κ1) is 15.0. The molecule has 0 bridgehead atoms. The molecule has 1 fully saturated rings. The molecule has 1 aliphatic rings. The zero-order valence-corrected chi connectivity index (χ0v) is 12.4. The third-order valence-electron chi connectivity index (χ3n) is 4.01. The van der Waals surface area contributed by atoms with Gasteiger partial charge in [-0.05, 0) is 44.1 Å². The van der Waals surface area contributed by atoms with E-state index in [9.17, 15) is 4.79 Å². The Morgan fingerprint density at radius 2 is 2.10 bits per heavy atom. The molecular formula is C16H24N2O2. The van der Waals surface area contributed by atoms with Crippen molar-refractivity contribution in [3.8, 4) is 0 Å². The van der Waals surface area contributed by atoms with Crippen LogP contribution in [0, 0.1) is 0 Å². The van der Waals surface area contributed by atoms with E-state index >= 15 is 0 Å². The summed E-state index contributed by atoms with van der Waals surface area (Å²) < 4.78 is 4.69. The standard InChI is InChI=1S/C16H24N2O2/c1-18-10-4-3-5-15(18)12-17-11-13-6-8-14(9-7-13)16(19)20-2/h6-9,15,17H,3-5,10-12H2,1-2H3. The second kappa shape index (κ2) is 7.41. The number of carbonyl (C=O) groups excluding carboxylic acids is 1. The van der Waals surface area contributed by atoms with Crippen LogP contribution in [-0.4, -0.2) is 44.2 Å². The Morgan fingerprint density at radius 3 is 2.75 bits per heavy atom. The minimum atomic E-state index is -0.284. The quantitative estimate of drug-likeness (QED) is 0.836. The molecule has 0 saturated carbocycles. The summed E-state index contributed by atoms with van der Waals surface area (Å²) in [5.41, 5.74) is 1.79. The van der Waals surface area contributed by atoms with Crippen LogP contribution < -0.4 is 5.32 Å². The number of benzene rings is 1. The molecule has 1 aliphatic heterocycles. The van der Waals surface area contributed by atoms with Gasteiger partial charge in [-0.25, -0.2) is 4.79 Å². The van der Waals surface area contributed by atoms with Crippen molar-refractivity contribution in [2.75, 3.05) is 27.2 Å². The summed E-state index contributed by atoms with van der Waals surface area (Å²) in [6.07, 6.45) is 3.94. The summed E-state index contributed by atoms with van der Waals surface area (Å²) >= 11 is 0. The largest absolute Gasteiger partial charge is 0.465 e. The Kier molecular flexibility index (Phi) is 5.56. The number of likely N-dealkylation sites (N-methyl/N-ethyl adjacent to an activating group) is 1. The minimum absolute atomic E-state index is 0.284. The summed E-state index contributed by atoms with van der Waals surface area (Å²) in [5.74, 6) is -0.284. The predicted molar refractivity (Wildman–Crippen MR) is 79.8 cm³/mol. The van der Waals surface area contributed by atoms with E-state index in [0.717, 1.165) is 13.1 Å². The number of ether oxygens (including phenoxy) is 1. The maximum atomic E-state index is 11.3. The van der Waals surface area contributed by atoms with Gasteiger partial charge in [-0.15, -0.1) is 0 Å². The predicted octanol–water partition coefficient (Wildman–Crippen LogP) is 2.05. The van der Waals surface area contributed by atoms with Gasteiger partial charge in [-0.2, -0.15) is 0 Å². The van der Waals surface area contributed by atoms with Crippen LogP contribution in [0.5, 0.6) is 0 Å². The number of piperidine rings is 1. The molecule has 1 saturated heterocycles. The van der Waals surface area contributed by atoms with Crippen LogP contribution in [0.2, 0.25) is 0 Å². The normalized spacial score (nSPS) is 19.8. The fourth-order valence-corrected chi connectivity index (χ4v) is 2.66. The van der Waals surface area contributed by atoms with Crippen LogP contribution in [0.1, 0.15) is 35.2 Å². The van der Waals surface area contributed by atoms with Gasteiger partial charge in [-0.3, -0.25) is 0 Å². The van der Waals surface area contributed by atoms with Gasteiger partial charge >= 0.3 is 5.97 Å². The molecule has 0 amide bonds. The Bertz CT molecular complexity index is 431. The van der Waals surface area contributed by atoms with Crippen LogP contribution in [0.15, 0.2) is 24.3 Å².